The van der Waals surface area contributed by atoms with Crippen molar-refractivity contribution in [3.8, 4) is 0 Å². The summed E-state index contributed by atoms with van der Waals surface area (Å²) in [6.07, 6.45) is 3.57. The summed E-state index contributed by atoms with van der Waals surface area (Å²) in [4.78, 5) is 12.4. The minimum Gasteiger partial charge on any atom is -0.368 e. The first-order valence-corrected chi connectivity index (χ1v) is 5.27. The van der Waals surface area contributed by atoms with Crippen molar-refractivity contribution in [3.05, 3.63) is 23.8 Å². The first kappa shape index (κ1) is 13.5. The number of hydrogen-bond acceptors (Lipinski definition) is 3. The Kier molecular flexibility index (Phi) is 7.14. The molecule has 84 valence electrons. The van der Waals surface area contributed by atoms with Gasteiger partial charge in [-0.3, -0.25) is 4.99 Å². The van der Waals surface area contributed by atoms with Crippen molar-refractivity contribution in [2.24, 2.45) is 4.99 Å². The SMILES string of the molecule is CC.CCNC(=NC)c1ncc(C)cn1. The minimum absolute atomic E-state index is 0.648. The summed E-state index contributed by atoms with van der Waals surface area (Å²) in [5.74, 6) is 1.39. The Morgan fingerprint density at radius 2 is 1.87 bits per heavy atom. The molecule has 1 aromatic heterocycles. The van der Waals surface area contributed by atoms with Crippen LogP contribution in [0.3, 0.4) is 0 Å². The Morgan fingerprint density at radius 1 is 1.33 bits per heavy atom. The van der Waals surface area contributed by atoms with E-state index in [0.717, 1.165) is 17.9 Å². The molecule has 0 unspecified atom stereocenters. The fraction of sp³-hybridized carbons (Fsp3) is 0.545. The molecule has 1 rings (SSSR count). The van der Waals surface area contributed by atoms with Crippen molar-refractivity contribution >= 4 is 5.84 Å². The number of rotatable bonds is 2. The van der Waals surface area contributed by atoms with E-state index >= 15 is 0 Å². The molecule has 1 heterocycles. The van der Waals surface area contributed by atoms with E-state index in [1.807, 2.05) is 27.7 Å². The largest absolute Gasteiger partial charge is 0.368 e. The number of aliphatic imine (C=N–C) groups is 1. The van der Waals surface area contributed by atoms with Crippen molar-refractivity contribution in [1.82, 2.24) is 15.3 Å². The summed E-state index contributed by atoms with van der Waals surface area (Å²) in [7, 11) is 1.72. The quantitative estimate of drug-likeness (QED) is 0.595. The first-order chi connectivity index (χ1) is 7.27. The van der Waals surface area contributed by atoms with E-state index in [0.29, 0.717) is 5.82 Å². The van der Waals surface area contributed by atoms with E-state index in [9.17, 15) is 0 Å². The molecule has 0 aromatic carbocycles. The lowest BCUT2D eigenvalue weighted by Gasteiger charge is -2.04. The highest BCUT2D eigenvalue weighted by molar-refractivity contribution is 5.95. The van der Waals surface area contributed by atoms with Gasteiger partial charge in [0.15, 0.2) is 11.7 Å². The van der Waals surface area contributed by atoms with Crippen LogP contribution in [0.25, 0.3) is 0 Å². The Hall–Kier alpha value is -1.45. The van der Waals surface area contributed by atoms with Crippen LogP contribution in [0, 0.1) is 6.92 Å². The fourth-order valence-corrected chi connectivity index (χ4v) is 0.940. The molecule has 0 aliphatic rings. The summed E-state index contributed by atoms with van der Waals surface area (Å²) >= 11 is 0. The average Bonchev–Trinajstić information content (AvgIpc) is 2.30. The lowest BCUT2D eigenvalue weighted by Crippen LogP contribution is -2.26. The van der Waals surface area contributed by atoms with Crippen LogP contribution in [-0.4, -0.2) is 29.4 Å². The summed E-state index contributed by atoms with van der Waals surface area (Å²) in [6, 6.07) is 0. The van der Waals surface area contributed by atoms with Gasteiger partial charge in [-0.05, 0) is 19.4 Å². The van der Waals surface area contributed by atoms with E-state index in [-0.39, 0.29) is 0 Å². The Balaban J connectivity index is 0.000000921. The van der Waals surface area contributed by atoms with Crippen LogP contribution >= 0.6 is 0 Å². The second-order valence-electron chi connectivity index (χ2n) is 2.69. The average molecular weight is 208 g/mol. The third-order valence-electron chi connectivity index (χ3n) is 1.56. The maximum Gasteiger partial charge on any atom is 0.194 e. The highest BCUT2D eigenvalue weighted by Crippen LogP contribution is 1.93. The molecular formula is C11H20N4. The van der Waals surface area contributed by atoms with Crippen LogP contribution < -0.4 is 5.32 Å². The van der Waals surface area contributed by atoms with Crippen molar-refractivity contribution in [2.75, 3.05) is 13.6 Å². The van der Waals surface area contributed by atoms with Crippen LogP contribution in [-0.2, 0) is 0 Å². The zero-order valence-corrected chi connectivity index (χ0v) is 10.2. The Bertz CT molecular complexity index is 290. The number of amidine groups is 1. The molecule has 0 radical (unpaired) electrons. The summed E-state index contributed by atoms with van der Waals surface area (Å²) in [5, 5.41) is 3.09. The van der Waals surface area contributed by atoms with Gasteiger partial charge in [-0.25, -0.2) is 9.97 Å². The minimum atomic E-state index is 0.648. The highest BCUT2D eigenvalue weighted by atomic mass is 15.0. The van der Waals surface area contributed by atoms with Crippen LogP contribution in [0.1, 0.15) is 32.2 Å². The Morgan fingerprint density at radius 3 is 2.27 bits per heavy atom. The second-order valence-corrected chi connectivity index (χ2v) is 2.69. The van der Waals surface area contributed by atoms with Gasteiger partial charge in [-0.2, -0.15) is 0 Å². The van der Waals surface area contributed by atoms with Crippen LogP contribution in [0.2, 0.25) is 0 Å². The number of aromatic nitrogens is 2. The number of nitrogens with zero attached hydrogens (tertiary/aromatic N) is 3. The van der Waals surface area contributed by atoms with E-state index in [1.54, 1.807) is 19.4 Å². The second kappa shape index (κ2) is 7.91. The van der Waals surface area contributed by atoms with Gasteiger partial charge in [0.2, 0.25) is 0 Å². The molecule has 1 N–H and O–H groups in total. The van der Waals surface area contributed by atoms with Crippen LogP contribution in [0.15, 0.2) is 17.4 Å². The molecule has 0 atom stereocenters. The van der Waals surface area contributed by atoms with Gasteiger partial charge in [0, 0.05) is 26.0 Å². The third-order valence-corrected chi connectivity index (χ3v) is 1.56. The van der Waals surface area contributed by atoms with Gasteiger partial charge in [0.05, 0.1) is 0 Å². The number of hydrogen-bond donors (Lipinski definition) is 1. The highest BCUT2D eigenvalue weighted by Gasteiger charge is 2.02. The topological polar surface area (TPSA) is 50.2 Å². The molecule has 15 heavy (non-hydrogen) atoms. The molecule has 0 aliphatic heterocycles. The number of nitrogens with one attached hydrogen (secondary N) is 1. The smallest absolute Gasteiger partial charge is 0.194 e. The molecule has 0 spiro atoms. The van der Waals surface area contributed by atoms with Gasteiger partial charge in [-0.1, -0.05) is 13.8 Å². The molecule has 0 saturated carbocycles. The Labute approximate surface area is 91.9 Å². The fourth-order valence-electron chi connectivity index (χ4n) is 0.940. The molecule has 4 heteroatoms. The molecule has 0 bridgehead atoms. The molecule has 1 aromatic rings. The van der Waals surface area contributed by atoms with Gasteiger partial charge in [0.25, 0.3) is 0 Å². The van der Waals surface area contributed by atoms with E-state index in [2.05, 4.69) is 20.3 Å². The monoisotopic (exact) mass is 208 g/mol. The van der Waals surface area contributed by atoms with Gasteiger partial charge in [-0.15, -0.1) is 0 Å². The van der Waals surface area contributed by atoms with Crippen molar-refractivity contribution in [3.63, 3.8) is 0 Å². The first-order valence-electron chi connectivity index (χ1n) is 5.27. The van der Waals surface area contributed by atoms with Gasteiger partial charge in [0.1, 0.15) is 0 Å². The summed E-state index contributed by atoms with van der Waals surface area (Å²) in [6.45, 7) is 8.79. The van der Waals surface area contributed by atoms with E-state index in [1.165, 1.54) is 0 Å². The molecule has 0 saturated heterocycles. The molecular weight excluding hydrogens is 188 g/mol. The third kappa shape index (κ3) is 4.54. The zero-order valence-electron chi connectivity index (χ0n) is 10.2. The molecule has 0 aliphatic carbocycles. The predicted molar refractivity (Wildman–Crippen MR) is 64.3 cm³/mol. The van der Waals surface area contributed by atoms with Gasteiger partial charge < -0.3 is 5.32 Å². The van der Waals surface area contributed by atoms with Crippen LogP contribution in [0.4, 0.5) is 0 Å². The molecule has 0 fully saturated rings. The predicted octanol–water partition coefficient (Wildman–Crippen LogP) is 1.80. The zero-order chi connectivity index (χ0) is 11.7. The number of aryl methyl sites for hydroxylation is 1. The normalized spacial score (nSPS) is 10.3. The molecule has 0 amide bonds. The van der Waals surface area contributed by atoms with Crippen molar-refractivity contribution in [2.45, 2.75) is 27.7 Å². The lowest BCUT2D eigenvalue weighted by atomic mass is 10.4. The van der Waals surface area contributed by atoms with E-state index < -0.39 is 0 Å². The standard InChI is InChI=1S/C9H14N4.C2H6/c1-4-11-8(10-3)9-12-5-7(2)6-13-9;1-2/h5-6H,4H2,1-3H3,(H,10,11);1-2H3. The van der Waals surface area contributed by atoms with Crippen molar-refractivity contribution < 1.29 is 0 Å². The van der Waals surface area contributed by atoms with E-state index in [4.69, 9.17) is 0 Å². The summed E-state index contributed by atoms with van der Waals surface area (Å²) < 4.78 is 0. The van der Waals surface area contributed by atoms with Crippen molar-refractivity contribution in [1.29, 1.82) is 0 Å². The van der Waals surface area contributed by atoms with Gasteiger partial charge >= 0.3 is 0 Å². The summed E-state index contributed by atoms with van der Waals surface area (Å²) in [5.41, 5.74) is 1.05. The maximum absolute atomic E-state index is 4.16. The lowest BCUT2D eigenvalue weighted by molar-refractivity contribution is 0.938. The van der Waals surface area contributed by atoms with Crippen LogP contribution in [0.5, 0.6) is 0 Å². The maximum atomic E-state index is 4.16. The molecule has 4 nitrogen and oxygen atoms in total.